The Balaban J connectivity index is 3.40. The second-order valence-electron chi connectivity index (χ2n) is 2.11. The minimum absolute atomic E-state index is 0.241. The molecule has 0 saturated carbocycles. The first-order chi connectivity index (χ1) is 5.15. The van der Waals surface area contributed by atoms with E-state index in [-0.39, 0.29) is 5.15 Å². The maximum Gasteiger partial charge on any atom is 0.244 e. The topological polar surface area (TPSA) is 30.1 Å². The SMILES string of the molecule is [C-]#[N+]c1c(C)nc(C)nc1Cl. The second kappa shape index (κ2) is 2.85. The average molecular weight is 168 g/mol. The number of hydrogen-bond donors (Lipinski definition) is 0. The Morgan fingerprint density at radius 2 is 2.00 bits per heavy atom. The smallest absolute Gasteiger partial charge is 0.244 e. The normalized spacial score (nSPS) is 9.27. The minimum Gasteiger partial charge on any atom is -0.250 e. The van der Waals surface area contributed by atoms with E-state index in [0.717, 1.165) is 0 Å². The number of halogens is 1. The third kappa shape index (κ3) is 1.47. The van der Waals surface area contributed by atoms with Gasteiger partial charge in [0.2, 0.25) is 5.69 Å². The van der Waals surface area contributed by atoms with Crippen LogP contribution in [0.25, 0.3) is 4.85 Å². The summed E-state index contributed by atoms with van der Waals surface area (Å²) in [6, 6.07) is 0. The van der Waals surface area contributed by atoms with Gasteiger partial charge < -0.3 is 0 Å². The van der Waals surface area contributed by atoms with Crippen LogP contribution in [-0.2, 0) is 0 Å². The lowest BCUT2D eigenvalue weighted by Gasteiger charge is -1.98. The van der Waals surface area contributed by atoms with Crippen molar-refractivity contribution in [2.75, 3.05) is 0 Å². The van der Waals surface area contributed by atoms with Gasteiger partial charge in [-0.15, -0.1) is 0 Å². The van der Waals surface area contributed by atoms with Gasteiger partial charge in [-0.05, 0) is 13.8 Å². The zero-order valence-corrected chi connectivity index (χ0v) is 6.98. The summed E-state index contributed by atoms with van der Waals surface area (Å²) in [7, 11) is 0. The van der Waals surface area contributed by atoms with Crippen molar-refractivity contribution in [2.24, 2.45) is 0 Å². The van der Waals surface area contributed by atoms with Gasteiger partial charge >= 0.3 is 0 Å². The number of aromatic nitrogens is 2. The summed E-state index contributed by atoms with van der Waals surface area (Å²) in [6.07, 6.45) is 0. The van der Waals surface area contributed by atoms with Crippen LogP contribution >= 0.6 is 11.6 Å². The number of aryl methyl sites for hydroxylation is 2. The largest absolute Gasteiger partial charge is 0.250 e. The van der Waals surface area contributed by atoms with E-state index in [9.17, 15) is 0 Å². The van der Waals surface area contributed by atoms with E-state index >= 15 is 0 Å². The van der Waals surface area contributed by atoms with Crippen LogP contribution in [0.4, 0.5) is 5.69 Å². The van der Waals surface area contributed by atoms with E-state index < -0.39 is 0 Å². The molecule has 0 fully saturated rings. The predicted molar refractivity (Wildman–Crippen MR) is 42.8 cm³/mol. The Morgan fingerprint density at radius 3 is 2.45 bits per heavy atom. The fourth-order valence-corrected chi connectivity index (χ4v) is 1.09. The van der Waals surface area contributed by atoms with Crippen molar-refractivity contribution >= 4 is 17.3 Å². The molecule has 0 aromatic carbocycles. The zero-order valence-electron chi connectivity index (χ0n) is 6.22. The second-order valence-corrected chi connectivity index (χ2v) is 2.47. The quantitative estimate of drug-likeness (QED) is 0.439. The first kappa shape index (κ1) is 7.96. The molecule has 0 aliphatic rings. The molecule has 11 heavy (non-hydrogen) atoms. The minimum atomic E-state index is 0.241. The molecule has 0 spiro atoms. The number of hydrogen-bond acceptors (Lipinski definition) is 2. The van der Waals surface area contributed by atoms with Crippen molar-refractivity contribution in [1.82, 2.24) is 9.97 Å². The molecule has 0 bridgehead atoms. The van der Waals surface area contributed by atoms with E-state index in [1.54, 1.807) is 13.8 Å². The van der Waals surface area contributed by atoms with Crippen LogP contribution < -0.4 is 0 Å². The van der Waals surface area contributed by atoms with Gasteiger partial charge in [-0.1, -0.05) is 11.6 Å². The fourth-order valence-electron chi connectivity index (χ4n) is 0.792. The van der Waals surface area contributed by atoms with Crippen LogP contribution in [-0.4, -0.2) is 9.97 Å². The van der Waals surface area contributed by atoms with Crippen LogP contribution in [0.2, 0.25) is 5.15 Å². The monoisotopic (exact) mass is 167 g/mol. The summed E-state index contributed by atoms with van der Waals surface area (Å²) in [6.45, 7) is 10.2. The Labute approximate surface area is 69.9 Å². The van der Waals surface area contributed by atoms with Gasteiger partial charge in [-0.25, -0.2) is 9.83 Å². The molecule has 0 unspecified atom stereocenters. The van der Waals surface area contributed by atoms with E-state index in [0.29, 0.717) is 17.2 Å². The van der Waals surface area contributed by atoms with E-state index in [1.165, 1.54) is 0 Å². The molecule has 1 heterocycles. The van der Waals surface area contributed by atoms with E-state index in [2.05, 4.69) is 14.8 Å². The molecule has 0 amide bonds. The van der Waals surface area contributed by atoms with Gasteiger partial charge in [0, 0.05) is 5.69 Å². The molecule has 0 atom stereocenters. The van der Waals surface area contributed by atoms with E-state index in [4.69, 9.17) is 18.2 Å². The van der Waals surface area contributed by atoms with Crippen molar-refractivity contribution in [2.45, 2.75) is 13.8 Å². The number of nitrogens with zero attached hydrogens (tertiary/aromatic N) is 3. The lowest BCUT2D eigenvalue weighted by Crippen LogP contribution is -1.90. The molecular formula is C7H6ClN3. The van der Waals surface area contributed by atoms with Crippen molar-refractivity contribution < 1.29 is 0 Å². The van der Waals surface area contributed by atoms with Crippen molar-refractivity contribution in [3.8, 4) is 0 Å². The summed E-state index contributed by atoms with van der Waals surface area (Å²) in [5, 5.41) is 0.241. The van der Waals surface area contributed by atoms with Gasteiger partial charge in [0.15, 0.2) is 0 Å². The summed E-state index contributed by atoms with van der Waals surface area (Å²) in [5.41, 5.74) is 0.981. The molecule has 1 aromatic rings. The molecule has 0 radical (unpaired) electrons. The van der Waals surface area contributed by atoms with Crippen LogP contribution in [0.3, 0.4) is 0 Å². The van der Waals surface area contributed by atoms with Gasteiger partial charge in [0.25, 0.3) is 0 Å². The average Bonchev–Trinajstić information content (AvgIpc) is 1.85. The molecule has 4 heteroatoms. The Hall–Kier alpha value is -1.14. The molecule has 3 nitrogen and oxygen atoms in total. The van der Waals surface area contributed by atoms with Crippen LogP contribution in [0.5, 0.6) is 0 Å². The van der Waals surface area contributed by atoms with Crippen LogP contribution in [0.15, 0.2) is 0 Å². The van der Waals surface area contributed by atoms with Crippen LogP contribution in [0.1, 0.15) is 11.5 Å². The molecule has 0 saturated heterocycles. The fraction of sp³-hybridized carbons (Fsp3) is 0.286. The van der Waals surface area contributed by atoms with Crippen molar-refractivity contribution in [1.29, 1.82) is 0 Å². The third-order valence-electron chi connectivity index (χ3n) is 1.24. The Kier molecular flexibility index (Phi) is 2.06. The lowest BCUT2D eigenvalue weighted by atomic mass is 10.4. The molecular weight excluding hydrogens is 162 g/mol. The predicted octanol–water partition coefficient (Wildman–Crippen LogP) is 2.30. The molecule has 1 rings (SSSR count). The zero-order chi connectivity index (χ0) is 8.43. The van der Waals surface area contributed by atoms with Crippen LogP contribution in [0, 0.1) is 20.4 Å². The first-order valence-electron chi connectivity index (χ1n) is 3.03. The number of rotatable bonds is 0. The first-order valence-corrected chi connectivity index (χ1v) is 3.41. The van der Waals surface area contributed by atoms with Crippen molar-refractivity contribution in [3.63, 3.8) is 0 Å². The highest BCUT2D eigenvalue weighted by atomic mass is 35.5. The van der Waals surface area contributed by atoms with Gasteiger partial charge in [0.1, 0.15) is 11.0 Å². The summed E-state index contributed by atoms with van der Waals surface area (Å²) >= 11 is 5.67. The maximum absolute atomic E-state index is 6.76. The summed E-state index contributed by atoms with van der Waals surface area (Å²) in [5.74, 6) is 0.597. The maximum atomic E-state index is 6.76. The summed E-state index contributed by atoms with van der Waals surface area (Å²) in [4.78, 5) is 11.0. The highest BCUT2D eigenvalue weighted by Gasteiger charge is 2.06. The third-order valence-corrected chi connectivity index (χ3v) is 1.50. The Bertz CT molecular complexity index is 304. The summed E-state index contributed by atoms with van der Waals surface area (Å²) < 4.78 is 0. The molecule has 0 N–H and O–H groups in total. The molecule has 0 aliphatic carbocycles. The van der Waals surface area contributed by atoms with Gasteiger partial charge in [-0.2, -0.15) is 0 Å². The highest BCUT2D eigenvalue weighted by Crippen LogP contribution is 2.24. The Morgan fingerprint density at radius 1 is 1.36 bits per heavy atom. The molecule has 56 valence electrons. The highest BCUT2D eigenvalue weighted by molar-refractivity contribution is 6.32. The van der Waals surface area contributed by atoms with E-state index in [1.807, 2.05) is 0 Å². The van der Waals surface area contributed by atoms with Gasteiger partial charge in [-0.3, -0.25) is 4.98 Å². The molecule has 1 aromatic heterocycles. The standard InChI is InChI=1S/C7H6ClN3/c1-4-6(9-3)7(8)11-5(2)10-4/h1-2H3. The molecule has 0 aliphatic heterocycles. The lowest BCUT2D eigenvalue weighted by molar-refractivity contribution is 1.02. The van der Waals surface area contributed by atoms with Crippen molar-refractivity contribution in [3.05, 3.63) is 28.1 Å². The van der Waals surface area contributed by atoms with Gasteiger partial charge in [0.05, 0.1) is 6.57 Å².